The van der Waals surface area contributed by atoms with E-state index in [-0.39, 0.29) is 18.9 Å². The summed E-state index contributed by atoms with van der Waals surface area (Å²) in [6, 6.07) is 8.77. The second-order valence-electron chi connectivity index (χ2n) is 7.32. The zero-order valence-corrected chi connectivity index (χ0v) is 18.2. The third-order valence-electron chi connectivity index (χ3n) is 3.46. The molecule has 0 spiro atoms. The monoisotopic (exact) mass is 332 g/mol. The summed E-state index contributed by atoms with van der Waals surface area (Å²) in [7, 11) is 3.42. The first kappa shape index (κ1) is 21.1. The van der Waals surface area contributed by atoms with E-state index >= 15 is 0 Å². The molecule has 105 valence electrons. The normalized spacial score (nSPS) is 14.1. The molecule has 0 aliphatic heterocycles. The van der Waals surface area contributed by atoms with Crippen LogP contribution in [0.3, 0.4) is 0 Å². The van der Waals surface area contributed by atoms with E-state index in [9.17, 15) is 0 Å². The molecule has 0 saturated heterocycles. The molecule has 0 bridgehead atoms. The minimum Gasteiger partial charge on any atom is -0.303 e. The molecular weight excluding hydrogens is 305 g/mol. The van der Waals surface area contributed by atoms with E-state index in [4.69, 9.17) is 7.57 Å². The van der Waals surface area contributed by atoms with Crippen molar-refractivity contribution in [1.29, 1.82) is 0 Å². The summed E-state index contributed by atoms with van der Waals surface area (Å²) >= 11 is 1.84. The molecule has 0 aliphatic carbocycles. The molecule has 0 N–H and O–H groups in total. The summed E-state index contributed by atoms with van der Waals surface area (Å²) in [6.07, 6.45) is 2.16. The van der Waals surface area contributed by atoms with Crippen LogP contribution in [0.1, 0.15) is 0 Å². The van der Waals surface area contributed by atoms with Crippen LogP contribution >= 0.6 is 19.6 Å². The molecule has 0 fully saturated rings. The first-order chi connectivity index (χ1) is 8.59. The van der Waals surface area contributed by atoms with Crippen molar-refractivity contribution in [2.24, 2.45) is 0 Å². The van der Waals surface area contributed by atoms with Crippen molar-refractivity contribution in [2.75, 3.05) is 6.26 Å². The second kappa shape index (κ2) is 8.09. The van der Waals surface area contributed by atoms with Gasteiger partial charge in [0.2, 0.25) is 0 Å². The summed E-state index contributed by atoms with van der Waals surface area (Å²) in [5, 5.41) is 1.45. The molecule has 0 saturated carbocycles. The van der Waals surface area contributed by atoms with Crippen LogP contribution < -0.4 is 24.2 Å². The summed E-state index contributed by atoms with van der Waals surface area (Å²) in [5.74, 6) is 0. The van der Waals surface area contributed by atoms with Crippen LogP contribution in [0.2, 0.25) is 39.3 Å². The van der Waals surface area contributed by atoms with E-state index in [1.165, 1.54) is 10.2 Å². The van der Waals surface area contributed by atoms with Gasteiger partial charge in [0.15, 0.2) is 0 Å². The molecule has 0 aliphatic rings. The van der Waals surface area contributed by atoms with E-state index in [0.717, 1.165) is 4.91 Å². The predicted molar refractivity (Wildman–Crippen MR) is 102 cm³/mol. The molecule has 1 aromatic rings. The summed E-state index contributed by atoms with van der Waals surface area (Å²) in [4.78, 5) is 2.19. The average molecular weight is 332 g/mol. The van der Waals surface area contributed by atoms with Crippen LogP contribution in [-0.4, -0.2) is 34.9 Å². The van der Waals surface area contributed by atoms with Gasteiger partial charge < -0.3 is 7.57 Å². The number of hydrogen-bond donors (Lipinski definition) is 0. The van der Waals surface area contributed by atoms with Gasteiger partial charge in [0.05, 0.1) is 21.5 Å². The van der Waals surface area contributed by atoms with Gasteiger partial charge >= 0.3 is 18.9 Å². The van der Waals surface area contributed by atoms with Crippen LogP contribution in [0.4, 0.5) is 0 Å². The minimum absolute atomic E-state index is 0. The first-order valence-corrected chi connectivity index (χ1v) is 16.9. The van der Waals surface area contributed by atoms with E-state index in [0.29, 0.717) is 0 Å². The molecule has 3 radical (unpaired) electrons. The summed E-state index contributed by atoms with van der Waals surface area (Å²) < 4.78 is 0. The smallest absolute Gasteiger partial charge is 0.303 e. The summed E-state index contributed by atoms with van der Waals surface area (Å²) in [5.41, 5.74) is 0. The molecule has 0 amide bonds. The van der Waals surface area contributed by atoms with Gasteiger partial charge in [-0.25, -0.2) is 7.80 Å². The van der Waals surface area contributed by atoms with Gasteiger partial charge in [-0.05, 0) is 18.4 Å². The van der Waals surface area contributed by atoms with Crippen molar-refractivity contribution in [2.45, 2.75) is 49.1 Å². The molecule has 1 rings (SSSR count). The number of thioether (sulfide) groups is 1. The Hall–Kier alpha value is 1.10. The largest absolute Gasteiger partial charge is 1.00 e. The predicted octanol–water partition coefficient (Wildman–Crippen LogP) is 1.46. The van der Waals surface area contributed by atoms with Gasteiger partial charge in [-0.1, -0.05) is 51.4 Å². The molecule has 1 unspecified atom stereocenters. The maximum absolute atomic E-state index is 6.85. The Balaban J connectivity index is 0.00000361. The minimum atomic E-state index is -1.23. The summed E-state index contributed by atoms with van der Waals surface area (Å²) in [6.45, 7) is 15.0. The second-order valence-corrected chi connectivity index (χ2v) is 22.5. The number of rotatable bonds is 5. The van der Waals surface area contributed by atoms with Crippen LogP contribution in [0.15, 0.2) is 29.2 Å². The molecule has 0 nitrogen and oxygen atoms in total. The quantitative estimate of drug-likeness (QED) is 0.447. The topological polar surface area (TPSA) is 0 Å². The van der Waals surface area contributed by atoms with Crippen molar-refractivity contribution in [3.63, 3.8) is 0 Å². The third kappa shape index (κ3) is 5.38. The van der Waals surface area contributed by atoms with Crippen molar-refractivity contribution >= 4 is 48.6 Å². The Labute approximate surface area is 146 Å². The first-order valence-electron chi connectivity index (χ1n) is 6.84. The number of benzene rings is 1. The number of hydrogen-bond acceptors (Lipinski definition) is 1. The van der Waals surface area contributed by atoms with Crippen LogP contribution in [0.5, 0.6) is 0 Å². The van der Waals surface area contributed by atoms with Crippen molar-refractivity contribution in [3.8, 4) is 0 Å². The van der Waals surface area contributed by atoms with Gasteiger partial charge in [0, 0.05) is 9.80 Å². The average Bonchev–Trinajstić information content (AvgIpc) is 2.24. The standard InChI is InChI=1S/C14H27BPSSi2.Li/c1-17-13-11-9-8-10-12(13)16(15)14(18(2,3)4)19(5,6)7;/h8-11,14,16H,1-7H3;/q;+1. The van der Waals surface area contributed by atoms with Crippen molar-refractivity contribution in [3.05, 3.63) is 24.3 Å². The van der Waals surface area contributed by atoms with Crippen molar-refractivity contribution in [1.82, 2.24) is 0 Å². The third-order valence-corrected chi connectivity index (χ3v) is 21.8. The van der Waals surface area contributed by atoms with E-state index in [1.54, 1.807) is 0 Å². The Morgan fingerprint density at radius 3 is 1.85 bits per heavy atom. The van der Waals surface area contributed by atoms with Gasteiger partial charge in [-0.3, -0.25) is 0 Å². The molecule has 1 atom stereocenters. The zero-order chi connectivity index (χ0) is 14.8. The maximum atomic E-state index is 6.85. The van der Waals surface area contributed by atoms with E-state index < -0.39 is 23.9 Å². The van der Waals surface area contributed by atoms with Gasteiger partial charge in [0.25, 0.3) is 0 Å². The fourth-order valence-electron chi connectivity index (χ4n) is 3.27. The fraction of sp³-hybridized carbons (Fsp3) is 0.571. The molecule has 20 heavy (non-hydrogen) atoms. The Morgan fingerprint density at radius 2 is 1.45 bits per heavy atom. The van der Waals surface area contributed by atoms with Gasteiger partial charge in [-0.2, -0.15) is 0 Å². The maximum Gasteiger partial charge on any atom is 1.00 e. The zero-order valence-electron chi connectivity index (χ0n) is 14.4. The van der Waals surface area contributed by atoms with E-state index in [2.05, 4.69) is 69.8 Å². The Morgan fingerprint density at radius 1 is 1.00 bits per heavy atom. The molecule has 0 heterocycles. The van der Waals surface area contributed by atoms with Gasteiger partial charge in [-0.15, -0.1) is 11.8 Å². The Bertz CT molecular complexity index is 418. The molecule has 6 heteroatoms. The SMILES string of the molecule is [B-][PH+](c1ccccc1SC)C([Si](C)(C)C)[Si](C)(C)C.[Li+]. The molecule has 1 aromatic carbocycles. The molecular formula is C14H27BLiPSSi2+. The van der Waals surface area contributed by atoms with Crippen LogP contribution in [0.25, 0.3) is 0 Å². The molecule has 0 aromatic heterocycles. The van der Waals surface area contributed by atoms with Crippen molar-refractivity contribution < 1.29 is 18.9 Å². The Kier molecular flexibility index (Phi) is 8.53. The van der Waals surface area contributed by atoms with E-state index in [1.807, 2.05) is 11.8 Å². The van der Waals surface area contributed by atoms with Crippen LogP contribution in [-0.2, 0) is 0 Å². The van der Waals surface area contributed by atoms with Crippen LogP contribution in [0, 0.1) is 0 Å². The van der Waals surface area contributed by atoms with Gasteiger partial charge in [0.1, 0.15) is 0 Å². The fourth-order valence-corrected chi connectivity index (χ4v) is 24.2.